The Morgan fingerprint density at radius 1 is 1.36 bits per heavy atom. The Morgan fingerprint density at radius 2 is 2.00 bits per heavy atom. The van der Waals surface area contributed by atoms with Crippen molar-refractivity contribution in [2.24, 2.45) is 11.7 Å². The zero-order chi connectivity index (χ0) is 16.3. The number of ether oxygens (including phenoxy) is 1. The normalized spacial score (nSPS) is 18.0. The van der Waals surface area contributed by atoms with E-state index >= 15 is 0 Å². The molecule has 1 fully saturated rings. The minimum absolute atomic E-state index is 0.0127. The maximum Gasteiger partial charge on any atom is 0.416 e. The fraction of sp³-hybridized carbons (Fsp3) is 0.533. The van der Waals surface area contributed by atoms with E-state index in [-0.39, 0.29) is 17.2 Å². The van der Waals surface area contributed by atoms with Crippen LogP contribution in [0.25, 0.3) is 0 Å². The predicted octanol–water partition coefficient (Wildman–Crippen LogP) is 2.71. The molecule has 1 aliphatic heterocycles. The Hall–Kier alpha value is -1.60. The molecule has 2 rings (SSSR count). The van der Waals surface area contributed by atoms with Crippen molar-refractivity contribution in [2.45, 2.75) is 32.0 Å². The molecule has 1 aromatic carbocycles. The number of amides is 1. The van der Waals surface area contributed by atoms with E-state index in [0.717, 1.165) is 6.07 Å². The molecule has 0 aliphatic carbocycles. The first kappa shape index (κ1) is 16.8. The van der Waals surface area contributed by atoms with Crippen molar-refractivity contribution in [1.29, 1.82) is 0 Å². The van der Waals surface area contributed by atoms with Gasteiger partial charge in [-0.1, -0.05) is 6.07 Å². The molecule has 0 aromatic heterocycles. The van der Waals surface area contributed by atoms with Gasteiger partial charge in [0.2, 0.25) is 5.91 Å². The molecule has 1 heterocycles. The number of benzene rings is 1. The van der Waals surface area contributed by atoms with E-state index in [1.54, 1.807) is 0 Å². The van der Waals surface area contributed by atoms with Gasteiger partial charge in [0.15, 0.2) is 0 Å². The number of alkyl halides is 3. The summed E-state index contributed by atoms with van der Waals surface area (Å²) in [7, 11) is 0. The number of halogens is 3. The van der Waals surface area contributed by atoms with Gasteiger partial charge in [0.1, 0.15) is 0 Å². The van der Waals surface area contributed by atoms with Crippen LogP contribution in [0.4, 0.5) is 18.9 Å². The zero-order valence-corrected chi connectivity index (χ0v) is 12.2. The van der Waals surface area contributed by atoms with Gasteiger partial charge in [0.05, 0.1) is 11.6 Å². The highest BCUT2D eigenvalue weighted by Gasteiger charge is 2.33. The van der Waals surface area contributed by atoms with Crippen LogP contribution < -0.4 is 11.1 Å². The van der Waals surface area contributed by atoms with Crippen LogP contribution in [-0.2, 0) is 15.7 Å². The fourth-order valence-electron chi connectivity index (χ4n) is 2.52. The quantitative estimate of drug-likeness (QED) is 0.901. The molecular weight excluding hydrogens is 297 g/mol. The summed E-state index contributed by atoms with van der Waals surface area (Å²) in [5.41, 5.74) is 5.36. The molecule has 1 saturated heterocycles. The molecule has 0 radical (unpaired) electrons. The molecule has 22 heavy (non-hydrogen) atoms. The lowest BCUT2D eigenvalue weighted by molar-refractivity contribution is -0.138. The molecule has 1 amide bonds. The van der Waals surface area contributed by atoms with Crippen LogP contribution in [0.3, 0.4) is 0 Å². The second-order valence-corrected chi connectivity index (χ2v) is 5.49. The molecule has 1 atom stereocenters. The average Bonchev–Trinajstić information content (AvgIpc) is 2.48. The Balaban J connectivity index is 2.08. The molecule has 0 saturated carbocycles. The summed E-state index contributed by atoms with van der Waals surface area (Å²) in [5, 5.41) is 2.47. The summed E-state index contributed by atoms with van der Waals surface area (Å²) >= 11 is 0. The lowest BCUT2D eigenvalue weighted by Crippen LogP contribution is -2.44. The minimum Gasteiger partial charge on any atom is -0.381 e. The second-order valence-electron chi connectivity index (χ2n) is 5.49. The standard InChI is InChI=1S/C15H19F3N2O2/c1-9-2-3-11(8-12(9)15(16,17)18)20-14(21)13(19)10-4-6-22-7-5-10/h2-3,8,10,13H,4-7,19H2,1H3,(H,20,21). The van der Waals surface area contributed by atoms with Crippen LogP contribution in [0.5, 0.6) is 0 Å². The van der Waals surface area contributed by atoms with E-state index < -0.39 is 23.7 Å². The van der Waals surface area contributed by atoms with Crippen molar-refractivity contribution in [3.05, 3.63) is 29.3 Å². The SMILES string of the molecule is Cc1ccc(NC(=O)C(N)C2CCOCC2)cc1C(F)(F)F. The highest BCUT2D eigenvalue weighted by atomic mass is 19.4. The first-order chi connectivity index (χ1) is 10.3. The minimum atomic E-state index is -4.45. The molecule has 3 N–H and O–H groups in total. The van der Waals surface area contributed by atoms with Gasteiger partial charge in [0, 0.05) is 18.9 Å². The Labute approximate surface area is 126 Å². The van der Waals surface area contributed by atoms with Crippen molar-refractivity contribution >= 4 is 11.6 Å². The molecule has 0 bridgehead atoms. The number of aryl methyl sites for hydroxylation is 1. The molecular formula is C15H19F3N2O2. The number of rotatable bonds is 3. The molecule has 7 heteroatoms. The molecule has 122 valence electrons. The lowest BCUT2D eigenvalue weighted by atomic mass is 9.92. The number of hydrogen-bond donors (Lipinski definition) is 2. The molecule has 1 unspecified atom stereocenters. The summed E-state index contributed by atoms with van der Waals surface area (Å²) in [6, 6.07) is 2.96. The van der Waals surface area contributed by atoms with E-state index in [2.05, 4.69) is 5.32 Å². The lowest BCUT2D eigenvalue weighted by Gasteiger charge is -2.26. The van der Waals surface area contributed by atoms with Crippen molar-refractivity contribution < 1.29 is 22.7 Å². The van der Waals surface area contributed by atoms with E-state index in [0.29, 0.717) is 26.1 Å². The Kier molecular flexibility index (Phi) is 5.08. The number of hydrogen-bond acceptors (Lipinski definition) is 3. The third-order valence-electron chi connectivity index (χ3n) is 3.89. The van der Waals surface area contributed by atoms with Gasteiger partial charge in [-0.25, -0.2) is 0 Å². The first-order valence-corrected chi connectivity index (χ1v) is 7.11. The molecule has 4 nitrogen and oxygen atoms in total. The summed E-state index contributed by atoms with van der Waals surface area (Å²) in [6.07, 6.45) is -3.10. The third kappa shape index (κ3) is 3.98. The van der Waals surface area contributed by atoms with Gasteiger partial charge in [-0.3, -0.25) is 4.79 Å². The van der Waals surface area contributed by atoms with Gasteiger partial charge < -0.3 is 15.8 Å². The summed E-state index contributed by atoms with van der Waals surface area (Å²) in [4.78, 5) is 12.1. The van der Waals surface area contributed by atoms with Crippen molar-refractivity contribution in [3.8, 4) is 0 Å². The monoisotopic (exact) mass is 316 g/mol. The largest absolute Gasteiger partial charge is 0.416 e. The topological polar surface area (TPSA) is 64.4 Å². The fourth-order valence-corrected chi connectivity index (χ4v) is 2.52. The van der Waals surface area contributed by atoms with Crippen LogP contribution in [0, 0.1) is 12.8 Å². The maximum atomic E-state index is 12.9. The first-order valence-electron chi connectivity index (χ1n) is 7.11. The summed E-state index contributed by atoms with van der Waals surface area (Å²) in [5.74, 6) is -0.481. The molecule has 1 aromatic rings. The van der Waals surface area contributed by atoms with Gasteiger partial charge in [-0.2, -0.15) is 13.2 Å². The summed E-state index contributed by atoms with van der Waals surface area (Å²) < 4.78 is 43.8. The number of carbonyl (C=O) groups is 1. The van der Waals surface area contributed by atoms with Crippen molar-refractivity contribution in [1.82, 2.24) is 0 Å². The highest BCUT2D eigenvalue weighted by Crippen LogP contribution is 2.33. The van der Waals surface area contributed by atoms with Crippen LogP contribution in [0.1, 0.15) is 24.0 Å². The molecule has 1 aliphatic rings. The second kappa shape index (κ2) is 6.66. The summed E-state index contributed by atoms with van der Waals surface area (Å²) in [6.45, 7) is 2.48. The van der Waals surface area contributed by atoms with Crippen molar-refractivity contribution in [2.75, 3.05) is 18.5 Å². The Bertz CT molecular complexity index is 540. The van der Waals surface area contributed by atoms with Crippen molar-refractivity contribution in [3.63, 3.8) is 0 Å². The zero-order valence-electron chi connectivity index (χ0n) is 12.2. The van der Waals surface area contributed by atoms with Crippen LogP contribution in [0.15, 0.2) is 18.2 Å². The van der Waals surface area contributed by atoms with Gasteiger partial charge in [-0.15, -0.1) is 0 Å². The number of nitrogens with one attached hydrogen (secondary N) is 1. The highest BCUT2D eigenvalue weighted by molar-refractivity contribution is 5.95. The van der Waals surface area contributed by atoms with Crippen LogP contribution >= 0.6 is 0 Å². The van der Waals surface area contributed by atoms with E-state index in [4.69, 9.17) is 10.5 Å². The maximum absolute atomic E-state index is 12.9. The van der Waals surface area contributed by atoms with E-state index in [9.17, 15) is 18.0 Å². The van der Waals surface area contributed by atoms with E-state index in [1.165, 1.54) is 19.1 Å². The van der Waals surface area contributed by atoms with E-state index in [1.807, 2.05) is 0 Å². The number of carbonyl (C=O) groups excluding carboxylic acids is 1. The Morgan fingerprint density at radius 3 is 2.59 bits per heavy atom. The van der Waals surface area contributed by atoms with Gasteiger partial charge in [-0.05, 0) is 43.4 Å². The van der Waals surface area contributed by atoms with Crippen LogP contribution in [-0.4, -0.2) is 25.2 Å². The van der Waals surface area contributed by atoms with Crippen LogP contribution in [0.2, 0.25) is 0 Å². The number of anilines is 1. The van der Waals surface area contributed by atoms with Gasteiger partial charge in [0.25, 0.3) is 0 Å². The smallest absolute Gasteiger partial charge is 0.381 e. The third-order valence-corrected chi connectivity index (χ3v) is 3.89. The van der Waals surface area contributed by atoms with Gasteiger partial charge >= 0.3 is 6.18 Å². The average molecular weight is 316 g/mol. The predicted molar refractivity (Wildman–Crippen MR) is 76.3 cm³/mol. The molecule has 0 spiro atoms. The number of nitrogens with two attached hydrogens (primary N) is 1.